The molecule has 0 unspecified atom stereocenters. The Morgan fingerprint density at radius 3 is 2.42 bits per heavy atom. The van der Waals surface area contributed by atoms with Gasteiger partial charge in [-0.2, -0.15) is 0 Å². The van der Waals surface area contributed by atoms with E-state index in [2.05, 4.69) is 25.4 Å². The SMILES string of the molecule is Cc1cnc(-c2ccc(NC(=O)NCCN3CCOCC3)cc2)nc1N1CCOCC1. The second-order valence-corrected chi connectivity index (χ2v) is 7.71. The quantitative estimate of drug-likeness (QED) is 0.727. The van der Waals surface area contributed by atoms with Gasteiger partial charge in [0.2, 0.25) is 0 Å². The summed E-state index contributed by atoms with van der Waals surface area (Å²) < 4.78 is 10.8. The molecule has 0 spiro atoms. The van der Waals surface area contributed by atoms with Crippen LogP contribution in [0.4, 0.5) is 16.3 Å². The number of benzene rings is 1. The Hall–Kier alpha value is -2.75. The van der Waals surface area contributed by atoms with Crippen LogP contribution >= 0.6 is 0 Å². The van der Waals surface area contributed by atoms with Crippen molar-refractivity contribution >= 4 is 17.5 Å². The summed E-state index contributed by atoms with van der Waals surface area (Å²) in [6, 6.07) is 7.39. The highest BCUT2D eigenvalue weighted by Gasteiger charge is 2.16. The van der Waals surface area contributed by atoms with Crippen LogP contribution in [0, 0.1) is 6.92 Å². The summed E-state index contributed by atoms with van der Waals surface area (Å²) >= 11 is 0. The van der Waals surface area contributed by atoms with Gasteiger partial charge in [-0.15, -0.1) is 0 Å². The van der Waals surface area contributed by atoms with Gasteiger partial charge in [-0.3, -0.25) is 4.90 Å². The highest BCUT2D eigenvalue weighted by molar-refractivity contribution is 5.89. The molecule has 2 aliphatic heterocycles. The number of ether oxygens (including phenoxy) is 2. The summed E-state index contributed by atoms with van der Waals surface area (Å²) in [4.78, 5) is 26.0. The maximum Gasteiger partial charge on any atom is 0.319 e. The number of hydrogen-bond donors (Lipinski definition) is 2. The van der Waals surface area contributed by atoms with E-state index in [-0.39, 0.29) is 6.03 Å². The highest BCUT2D eigenvalue weighted by Crippen LogP contribution is 2.23. The van der Waals surface area contributed by atoms with Crippen molar-refractivity contribution in [2.24, 2.45) is 0 Å². The number of morpholine rings is 2. The number of anilines is 2. The number of aryl methyl sites for hydroxylation is 1. The molecule has 31 heavy (non-hydrogen) atoms. The Morgan fingerprint density at radius 2 is 1.71 bits per heavy atom. The number of rotatable bonds is 6. The first-order valence-electron chi connectivity index (χ1n) is 10.8. The van der Waals surface area contributed by atoms with E-state index in [0.717, 1.165) is 68.6 Å². The number of nitrogens with zero attached hydrogens (tertiary/aromatic N) is 4. The molecule has 2 amide bonds. The first-order chi connectivity index (χ1) is 15.2. The summed E-state index contributed by atoms with van der Waals surface area (Å²) in [6.45, 7) is 9.91. The topological polar surface area (TPSA) is 91.9 Å². The lowest BCUT2D eigenvalue weighted by molar-refractivity contribution is 0.0388. The van der Waals surface area contributed by atoms with Crippen molar-refractivity contribution in [2.75, 3.05) is 75.9 Å². The maximum atomic E-state index is 12.2. The second-order valence-electron chi connectivity index (χ2n) is 7.71. The van der Waals surface area contributed by atoms with Gasteiger partial charge in [0.15, 0.2) is 5.82 Å². The minimum Gasteiger partial charge on any atom is -0.379 e. The Kier molecular flexibility index (Phi) is 7.29. The molecule has 2 aromatic rings. The van der Waals surface area contributed by atoms with Crippen molar-refractivity contribution in [3.8, 4) is 11.4 Å². The number of urea groups is 1. The van der Waals surface area contributed by atoms with Gasteiger partial charge in [0.25, 0.3) is 0 Å². The molecule has 9 nitrogen and oxygen atoms in total. The fourth-order valence-corrected chi connectivity index (χ4v) is 3.70. The van der Waals surface area contributed by atoms with E-state index in [1.54, 1.807) is 0 Å². The number of carbonyl (C=O) groups excluding carboxylic acids is 1. The first kappa shape index (κ1) is 21.5. The van der Waals surface area contributed by atoms with Crippen molar-refractivity contribution < 1.29 is 14.3 Å². The lowest BCUT2D eigenvalue weighted by Crippen LogP contribution is -2.42. The molecule has 1 aromatic heterocycles. The van der Waals surface area contributed by atoms with Crippen molar-refractivity contribution in [1.82, 2.24) is 20.2 Å². The molecule has 4 rings (SSSR count). The third-order valence-electron chi connectivity index (χ3n) is 5.47. The van der Waals surface area contributed by atoms with Gasteiger partial charge in [-0.05, 0) is 31.2 Å². The summed E-state index contributed by atoms with van der Waals surface area (Å²) in [5.74, 6) is 1.63. The molecule has 3 heterocycles. The molecule has 0 aliphatic carbocycles. The smallest absolute Gasteiger partial charge is 0.319 e. The zero-order valence-electron chi connectivity index (χ0n) is 18.0. The number of nitrogens with one attached hydrogen (secondary N) is 2. The fourth-order valence-electron chi connectivity index (χ4n) is 3.70. The van der Waals surface area contributed by atoms with Crippen LogP contribution in [0.3, 0.4) is 0 Å². The predicted molar refractivity (Wildman–Crippen MR) is 120 cm³/mol. The van der Waals surface area contributed by atoms with E-state index in [9.17, 15) is 4.79 Å². The molecule has 9 heteroatoms. The molecular weight excluding hydrogens is 396 g/mol. The maximum absolute atomic E-state index is 12.2. The Bertz CT molecular complexity index is 864. The van der Waals surface area contributed by atoms with Crippen molar-refractivity contribution in [1.29, 1.82) is 0 Å². The van der Waals surface area contributed by atoms with Gasteiger partial charge >= 0.3 is 6.03 Å². The lowest BCUT2D eigenvalue weighted by Gasteiger charge is -2.29. The zero-order valence-corrected chi connectivity index (χ0v) is 18.0. The van der Waals surface area contributed by atoms with E-state index in [1.807, 2.05) is 37.4 Å². The van der Waals surface area contributed by atoms with Crippen LogP contribution in [-0.2, 0) is 9.47 Å². The average Bonchev–Trinajstić information content (AvgIpc) is 2.81. The van der Waals surface area contributed by atoms with Crippen molar-refractivity contribution in [2.45, 2.75) is 6.92 Å². The molecular formula is C22H30N6O3. The average molecular weight is 427 g/mol. The lowest BCUT2D eigenvalue weighted by atomic mass is 10.2. The van der Waals surface area contributed by atoms with Gasteiger partial charge in [0.05, 0.1) is 26.4 Å². The van der Waals surface area contributed by atoms with E-state index in [0.29, 0.717) is 25.6 Å². The Morgan fingerprint density at radius 1 is 1.03 bits per heavy atom. The van der Waals surface area contributed by atoms with Crippen molar-refractivity contribution in [3.05, 3.63) is 36.0 Å². The monoisotopic (exact) mass is 426 g/mol. The highest BCUT2D eigenvalue weighted by atomic mass is 16.5. The van der Waals surface area contributed by atoms with Crippen LogP contribution in [0.15, 0.2) is 30.5 Å². The normalized spacial score (nSPS) is 17.4. The molecule has 2 fully saturated rings. The Labute approximate surface area is 182 Å². The van der Waals surface area contributed by atoms with Crippen LogP contribution in [0.5, 0.6) is 0 Å². The Balaban J connectivity index is 1.32. The second kappa shape index (κ2) is 10.5. The molecule has 1 aromatic carbocycles. The molecule has 2 aliphatic rings. The third kappa shape index (κ3) is 5.90. The molecule has 0 atom stereocenters. The van der Waals surface area contributed by atoms with Gasteiger partial charge < -0.3 is 25.0 Å². The number of hydrogen-bond acceptors (Lipinski definition) is 7. The molecule has 0 radical (unpaired) electrons. The first-order valence-corrected chi connectivity index (χ1v) is 10.8. The number of amides is 2. The van der Waals surface area contributed by atoms with E-state index >= 15 is 0 Å². The molecule has 166 valence electrons. The standard InChI is InChI=1S/C22H30N6O3/c1-17-16-24-20(26-21(17)28-10-14-31-15-11-28)18-2-4-19(5-3-18)25-22(29)23-6-7-27-8-12-30-13-9-27/h2-5,16H,6-15H2,1H3,(H2,23,25,29). The van der Waals surface area contributed by atoms with Crippen molar-refractivity contribution in [3.63, 3.8) is 0 Å². The van der Waals surface area contributed by atoms with Gasteiger partial charge in [0.1, 0.15) is 5.82 Å². The van der Waals surface area contributed by atoms with Crippen LogP contribution in [0.25, 0.3) is 11.4 Å². The number of aromatic nitrogens is 2. The molecule has 2 N–H and O–H groups in total. The van der Waals surface area contributed by atoms with E-state index < -0.39 is 0 Å². The van der Waals surface area contributed by atoms with Gasteiger partial charge in [0, 0.05) is 62.3 Å². The zero-order chi connectivity index (χ0) is 21.5. The van der Waals surface area contributed by atoms with E-state index in [4.69, 9.17) is 14.5 Å². The van der Waals surface area contributed by atoms with Crippen LogP contribution in [0.2, 0.25) is 0 Å². The fraction of sp³-hybridized carbons (Fsp3) is 0.500. The molecule has 0 saturated carbocycles. The van der Waals surface area contributed by atoms with E-state index in [1.165, 1.54) is 0 Å². The number of carbonyl (C=O) groups is 1. The largest absolute Gasteiger partial charge is 0.379 e. The summed E-state index contributed by atoms with van der Waals surface area (Å²) in [6.07, 6.45) is 1.86. The van der Waals surface area contributed by atoms with Gasteiger partial charge in [-0.1, -0.05) is 0 Å². The summed E-state index contributed by atoms with van der Waals surface area (Å²) in [7, 11) is 0. The van der Waals surface area contributed by atoms with Crippen LogP contribution < -0.4 is 15.5 Å². The third-order valence-corrected chi connectivity index (χ3v) is 5.47. The molecule has 0 bridgehead atoms. The minimum absolute atomic E-state index is 0.206. The summed E-state index contributed by atoms with van der Waals surface area (Å²) in [5.41, 5.74) is 2.69. The predicted octanol–water partition coefficient (Wildman–Crippen LogP) is 1.74. The van der Waals surface area contributed by atoms with Crippen LogP contribution in [-0.4, -0.2) is 86.6 Å². The van der Waals surface area contributed by atoms with Gasteiger partial charge in [-0.25, -0.2) is 14.8 Å². The molecule has 2 saturated heterocycles. The van der Waals surface area contributed by atoms with Crippen LogP contribution in [0.1, 0.15) is 5.56 Å². The minimum atomic E-state index is -0.206. The summed E-state index contributed by atoms with van der Waals surface area (Å²) in [5, 5.41) is 5.78.